The lowest BCUT2D eigenvalue weighted by Gasteiger charge is -2.28. The van der Waals surface area contributed by atoms with Crippen LogP contribution in [0.4, 0.5) is 4.79 Å². The molecule has 0 aliphatic heterocycles. The van der Waals surface area contributed by atoms with Gasteiger partial charge in [0, 0.05) is 5.38 Å². The number of urea groups is 1. The first-order valence-electron chi connectivity index (χ1n) is 5.85. The van der Waals surface area contributed by atoms with E-state index in [1.807, 2.05) is 5.38 Å². The van der Waals surface area contributed by atoms with E-state index in [1.165, 1.54) is 11.3 Å². The van der Waals surface area contributed by atoms with Crippen LogP contribution in [0.25, 0.3) is 0 Å². The minimum Gasteiger partial charge on any atom is -0.391 e. The molecule has 1 aromatic rings. The van der Waals surface area contributed by atoms with E-state index >= 15 is 0 Å². The van der Waals surface area contributed by atoms with E-state index in [-0.39, 0.29) is 12.1 Å². The molecule has 1 aliphatic carbocycles. The Morgan fingerprint density at radius 2 is 2.35 bits per heavy atom. The summed E-state index contributed by atoms with van der Waals surface area (Å²) in [4.78, 5) is 15.7. The Morgan fingerprint density at radius 1 is 1.53 bits per heavy atom. The van der Waals surface area contributed by atoms with Crippen molar-refractivity contribution in [3.8, 4) is 0 Å². The van der Waals surface area contributed by atoms with Gasteiger partial charge in [-0.2, -0.15) is 0 Å². The number of thiazole rings is 1. The van der Waals surface area contributed by atoms with Crippen molar-refractivity contribution in [2.45, 2.75) is 44.4 Å². The van der Waals surface area contributed by atoms with Crippen molar-refractivity contribution in [1.29, 1.82) is 0 Å². The molecule has 6 heteroatoms. The summed E-state index contributed by atoms with van der Waals surface area (Å²) in [7, 11) is 0. The SMILES string of the molecule is O=C(NCc1cscn1)NC1CCCCC1O. The summed E-state index contributed by atoms with van der Waals surface area (Å²) >= 11 is 1.50. The van der Waals surface area contributed by atoms with Gasteiger partial charge in [0.1, 0.15) is 0 Å². The first-order valence-corrected chi connectivity index (χ1v) is 6.79. The van der Waals surface area contributed by atoms with Gasteiger partial charge in [0.05, 0.1) is 29.9 Å². The number of carbonyl (C=O) groups excluding carboxylic acids is 1. The zero-order valence-electron chi connectivity index (χ0n) is 9.56. The summed E-state index contributed by atoms with van der Waals surface area (Å²) in [6.45, 7) is 0.429. The van der Waals surface area contributed by atoms with Gasteiger partial charge in [-0.15, -0.1) is 11.3 Å². The quantitative estimate of drug-likeness (QED) is 0.761. The molecular formula is C11H17N3O2S. The van der Waals surface area contributed by atoms with Crippen molar-refractivity contribution in [1.82, 2.24) is 15.6 Å². The number of hydrogen-bond donors (Lipinski definition) is 3. The number of nitrogens with one attached hydrogen (secondary N) is 2. The molecule has 0 spiro atoms. The standard InChI is InChI=1S/C11H17N3O2S/c15-10-4-2-1-3-9(10)14-11(16)12-5-8-6-17-7-13-8/h6-7,9-10,15H,1-5H2,(H2,12,14,16). The lowest BCUT2D eigenvalue weighted by atomic mass is 9.93. The molecular weight excluding hydrogens is 238 g/mol. The summed E-state index contributed by atoms with van der Waals surface area (Å²) in [5.74, 6) is 0. The van der Waals surface area contributed by atoms with Crippen LogP contribution in [0.15, 0.2) is 10.9 Å². The summed E-state index contributed by atoms with van der Waals surface area (Å²) in [5.41, 5.74) is 2.59. The highest BCUT2D eigenvalue weighted by molar-refractivity contribution is 7.07. The Labute approximate surface area is 104 Å². The minimum atomic E-state index is -0.409. The van der Waals surface area contributed by atoms with Crippen molar-refractivity contribution in [2.75, 3.05) is 0 Å². The predicted octanol–water partition coefficient (Wildman–Crippen LogP) is 1.25. The van der Waals surface area contributed by atoms with Crippen LogP contribution in [-0.2, 0) is 6.54 Å². The third-order valence-electron chi connectivity index (χ3n) is 2.96. The highest BCUT2D eigenvalue weighted by Gasteiger charge is 2.24. The average Bonchev–Trinajstić information content (AvgIpc) is 2.82. The van der Waals surface area contributed by atoms with Gasteiger partial charge >= 0.3 is 6.03 Å². The first-order chi connectivity index (χ1) is 8.25. The largest absolute Gasteiger partial charge is 0.391 e. The van der Waals surface area contributed by atoms with Gasteiger partial charge in [-0.1, -0.05) is 12.8 Å². The first kappa shape index (κ1) is 12.3. The molecule has 3 N–H and O–H groups in total. The zero-order valence-corrected chi connectivity index (χ0v) is 10.4. The normalized spacial score (nSPS) is 24.3. The lowest BCUT2D eigenvalue weighted by Crippen LogP contribution is -2.48. The fourth-order valence-corrected chi connectivity index (χ4v) is 2.55. The molecule has 0 saturated heterocycles. The minimum absolute atomic E-state index is 0.112. The number of aliphatic hydroxyl groups is 1. The molecule has 1 saturated carbocycles. The molecule has 0 radical (unpaired) electrons. The van der Waals surface area contributed by atoms with Crippen molar-refractivity contribution < 1.29 is 9.90 Å². The van der Waals surface area contributed by atoms with E-state index < -0.39 is 6.10 Å². The van der Waals surface area contributed by atoms with Gasteiger partial charge in [0.15, 0.2) is 0 Å². The number of carbonyl (C=O) groups is 1. The second-order valence-corrected chi connectivity index (χ2v) is 4.98. The number of hydrogen-bond acceptors (Lipinski definition) is 4. The molecule has 2 unspecified atom stereocenters. The van der Waals surface area contributed by atoms with Gasteiger partial charge < -0.3 is 15.7 Å². The summed E-state index contributed by atoms with van der Waals surface area (Å²) in [6.07, 6.45) is 3.32. The molecule has 1 aromatic heterocycles. The summed E-state index contributed by atoms with van der Waals surface area (Å²) < 4.78 is 0. The van der Waals surface area contributed by atoms with E-state index in [0.29, 0.717) is 6.54 Å². The van der Waals surface area contributed by atoms with Crippen LogP contribution < -0.4 is 10.6 Å². The van der Waals surface area contributed by atoms with E-state index in [4.69, 9.17) is 0 Å². The van der Waals surface area contributed by atoms with Gasteiger partial charge in [0.2, 0.25) is 0 Å². The number of amides is 2. The molecule has 2 amide bonds. The smallest absolute Gasteiger partial charge is 0.315 e. The maximum Gasteiger partial charge on any atom is 0.315 e. The number of aliphatic hydroxyl groups excluding tert-OH is 1. The van der Waals surface area contributed by atoms with Crippen molar-refractivity contribution in [3.05, 3.63) is 16.6 Å². The van der Waals surface area contributed by atoms with Crippen molar-refractivity contribution in [2.24, 2.45) is 0 Å². The van der Waals surface area contributed by atoms with Crippen LogP contribution in [-0.4, -0.2) is 28.3 Å². The molecule has 2 rings (SSSR count). The molecule has 2 atom stereocenters. The highest BCUT2D eigenvalue weighted by atomic mass is 32.1. The van der Waals surface area contributed by atoms with Crippen LogP contribution in [0, 0.1) is 0 Å². The van der Waals surface area contributed by atoms with Crippen LogP contribution >= 0.6 is 11.3 Å². The summed E-state index contributed by atoms with van der Waals surface area (Å²) in [6, 6.07) is -0.344. The van der Waals surface area contributed by atoms with E-state index in [0.717, 1.165) is 31.4 Å². The third kappa shape index (κ3) is 3.67. The van der Waals surface area contributed by atoms with Crippen LogP contribution in [0.5, 0.6) is 0 Å². The molecule has 1 aliphatic rings. The van der Waals surface area contributed by atoms with Crippen LogP contribution in [0.3, 0.4) is 0 Å². The molecule has 0 bridgehead atoms. The maximum atomic E-state index is 11.6. The van der Waals surface area contributed by atoms with Gasteiger partial charge in [-0.05, 0) is 12.8 Å². The van der Waals surface area contributed by atoms with Crippen molar-refractivity contribution >= 4 is 17.4 Å². The monoisotopic (exact) mass is 255 g/mol. The molecule has 1 fully saturated rings. The Kier molecular flexibility index (Phi) is 4.33. The predicted molar refractivity (Wildman–Crippen MR) is 65.7 cm³/mol. The molecule has 94 valence electrons. The Balaban J connectivity index is 1.73. The Hall–Kier alpha value is -1.14. The Bertz CT molecular complexity index is 356. The second-order valence-electron chi connectivity index (χ2n) is 4.27. The van der Waals surface area contributed by atoms with Crippen molar-refractivity contribution in [3.63, 3.8) is 0 Å². The lowest BCUT2D eigenvalue weighted by molar-refractivity contribution is 0.0943. The second kappa shape index (κ2) is 5.97. The van der Waals surface area contributed by atoms with Crippen LogP contribution in [0.2, 0.25) is 0 Å². The molecule has 1 heterocycles. The maximum absolute atomic E-state index is 11.6. The highest BCUT2D eigenvalue weighted by Crippen LogP contribution is 2.18. The van der Waals surface area contributed by atoms with E-state index in [9.17, 15) is 9.90 Å². The third-order valence-corrected chi connectivity index (χ3v) is 3.59. The van der Waals surface area contributed by atoms with Gasteiger partial charge in [0.25, 0.3) is 0 Å². The molecule has 5 nitrogen and oxygen atoms in total. The van der Waals surface area contributed by atoms with Crippen LogP contribution in [0.1, 0.15) is 31.4 Å². The number of rotatable bonds is 3. The average molecular weight is 255 g/mol. The molecule has 0 aromatic carbocycles. The topological polar surface area (TPSA) is 74.2 Å². The Morgan fingerprint density at radius 3 is 3.06 bits per heavy atom. The number of nitrogens with zero attached hydrogens (tertiary/aromatic N) is 1. The summed E-state index contributed by atoms with van der Waals surface area (Å²) in [5, 5.41) is 17.2. The number of aromatic nitrogens is 1. The van der Waals surface area contributed by atoms with Gasteiger partial charge in [-0.25, -0.2) is 9.78 Å². The molecule has 17 heavy (non-hydrogen) atoms. The van der Waals surface area contributed by atoms with Gasteiger partial charge in [-0.3, -0.25) is 0 Å². The fraction of sp³-hybridized carbons (Fsp3) is 0.636. The van der Waals surface area contributed by atoms with E-state index in [1.54, 1.807) is 5.51 Å². The zero-order chi connectivity index (χ0) is 12.1. The fourth-order valence-electron chi connectivity index (χ4n) is 1.99. The van der Waals surface area contributed by atoms with E-state index in [2.05, 4.69) is 15.6 Å².